The quantitative estimate of drug-likeness (QED) is 0.822. The summed E-state index contributed by atoms with van der Waals surface area (Å²) in [5, 5.41) is 6.24. The van der Waals surface area contributed by atoms with Crippen LogP contribution in [0.5, 0.6) is 0 Å². The molecular formula is C17H22ClN3OS. The van der Waals surface area contributed by atoms with E-state index in [4.69, 9.17) is 11.6 Å². The molecule has 124 valence electrons. The smallest absolute Gasteiger partial charge is 0.270 e. The van der Waals surface area contributed by atoms with Crippen LogP contribution < -0.4 is 5.32 Å². The van der Waals surface area contributed by atoms with Crippen molar-refractivity contribution < 1.29 is 4.79 Å². The molecule has 1 amide bonds. The van der Waals surface area contributed by atoms with Gasteiger partial charge in [0, 0.05) is 35.1 Å². The Bertz CT molecular complexity index is 640. The largest absolute Gasteiger partial charge is 0.349 e. The van der Waals surface area contributed by atoms with Gasteiger partial charge in [-0.3, -0.25) is 9.69 Å². The third-order valence-electron chi connectivity index (χ3n) is 3.65. The van der Waals surface area contributed by atoms with Crippen LogP contribution in [-0.2, 0) is 0 Å². The minimum atomic E-state index is -0.124. The Morgan fingerprint density at radius 3 is 2.65 bits per heavy atom. The second kappa shape index (κ2) is 8.43. The molecule has 0 unspecified atom stereocenters. The molecule has 0 aliphatic carbocycles. The van der Waals surface area contributed by atoms with Crippen LogP contribution in [0.3, 0.4) is 0 Å². The molecule has 0 spiro atoms. The van der Waals surface area contributed by atoms with Gasteiger partial charge >= 0.3 is 0 Å². The topological polar surface area (TPSA) is 45.2 Å². The Labute approximate surface area is 146 Å². The van der Waals surface area contributed by atoms with Gasteiger partial charge in [-0.25, -0.2) is 4.98 Å². The highest BCUT2D eigenvalue weighted by Crippen LogP contribution is 2.25. The van der Waals surface area contributed by atoms with Crippen molar-refractivity contribution in [1.82, 2.24) is 15.2 Å². The van der Waals surface area contributed by atoms with Gasteiger partial charge in [0.15, 0.2) is 0 Å². The van der Waals surface area contributed by atoms with Crippen molar-refractivity contribution in [3.8, 4) is 10.6 Å². The van der Waals surface area contributed by atoms with E-state index in [1.165, 1.54) is 11.3 Å². The van der Waals surface area contributed by atoms with E-state index in [2.05, 4.69) is 36.0 Å². The number of carbonyl (C=O) groups is 1. The molecule has 6 heteroatoms. The molecule has 0 saturated carbocycles. The number of nitrogens with zero attached hydrogens (tertiary/aromatic N) is 2. The first-order valence-electron chi connectivity index (χ1n) is 7.75. The summed E-state index contributed by atoms with van der Waals surface area (Å²) in [6, 6.07) is 7.94. The van der Waals surface area contributed by atoms with E-state index in [1.54, 1.807) is 5.38 Å². The summed E-state index contributed by atoms with van der Waals surface area (Å²) in [6.07, 6.45) is 0. The molecular weight excluding hydrogens is 330 g/mol. The predicted octanol–water partition coefficient (Wildman–Crippen LogP) is 3.92. The summed E-state index contributed by atoms with van der Waals surface area (Å²) in [5.74, 6) is -0.124. The molecule has 1 N–H and O–H groups in total. The number of hydrogen-bond acceptors (Lipinski definition) is 4. The summed E-state index contributed by atoms with van der Waals surface area (Å²) < 4.78 is 0. The molecule has 1 aromatic heterocycles. The fourth-order valence-corrected chi connectivity index (χ4v) is 3.22. The van der Waals surface area contributed by atoms with Gasteiger partial charge in [0.25, 0.3) is 5.91 Å². The number of nitrogens with one attached hydrogen (secondary N) is 1. The summed E-state index contributed by atoms with van der Waals surface area (Å²) in [6.45, 7) is 8.88. The molecule has 0 bridgehead atoms. The summed E-state index contributed by atoms with van der Waals surface area (Å²) in [5.41, 5.74) is 1.43. The predicted molar refractivity (Wildman–Crippen MR) is 97.3 cm³/mol. The first-order chi connectivity index (χ1) is 11.0. The van der Waals surface area contributed by atoms with Gasteiger partial charge in [0.1, 0.15) is 10.7 Å². The zero-order valence-corrected chi connectivity index (χ0v) is 15.2. The number of hydrogen-bond donors (Lipinski definition) is 1. The molecule has 0 aliphatic rings. The average Bonchev–Trinajstić information content (AvgIpc) is 3.01. The molecule has 1 aromatic carbocycles. The Kier molecular flexibility index (Phi) is 6.57. The number of carbonyl (C=O) groups excluding carboxylic acids is 1. The Balaban J connectivity index is 1.92. The zero-order chi connectivity index (χ0) is 16.8. The third kappa shape index (κ3) is 5.03. The van der Waals surface area contributed by atoms with Crippen LogP contribution in [0.25, 0.3) is 10.6 Å². The van der Waals surface area contributed by atoms with E-state index < -0.39 is 0 Å². The van der Waals surface area contributed by atoms with E-state index >= 15 is 0 Å². The van der Waals surface area contributed by atoms with Gasteiger partial charge in [-0.05, 0) is 32.5 Å². The minimum Gasteiger partial charge on any atom is -0.349 e. The summed E-state index contributed by atoms with van der Waals surface area (Å²) >= 11 is 7.35. The Morgan fingerprint density at radius 1 is 1.35 bits per heavy atom. The zero-order valence-electron chi connectivity index (χ0n) is 13.7. The summed E-state index contributed by atoms with van der Waals surface area (Å²) in [4.78, 5) is 18.9. The van der Waals surface area contributed by atoms with Crippen molar-refractivity contribution in [1.29, 1.82) is 0 Å². The van der Waals surface area contributed by atoms with Gasteiger partial charge in [0.05, 0.1) is 0 Å². The maximum atomic E-state index is 12.2. The summed E-state index contributed by atoms with van der Waals surface area (Å²) in [7, 11) is 0. The molecule has 0 radical (unpaired) electrons. The van der Waals surface area contributed by atoms with Crippen molar-refractivity contribution in [2.24, 2.45) is 0 Å². The first kappa shape index (κ1) is 17.9. The van der Waals surface area contributed by atoms with Crippen molar-refractivity contribution in [2.45, 2.75) is 26.8 Å². The number of amides is 1. The van der Waals surface area contributed by atoms with E-state index in [9.17, 15) is 4.79 Å². The van der Waals surface area contributed by atoms with Gasteiger partial charge < -0.3 is 5.32 Å². The third-order valence-corrected chi connectivity index (χ3v) is 4.79. The fourth-order valence-electron chi connectivity index (χ4n) is 2.29. The molecule has 2 rings (SSSR count). The van der Waals surface area contributed by atoms with Crippen molar-refractivity contribution >= 4 is 28.8 Å². The van der Waals surface area contributed by atoms with E-state index in [1.807, 2.05) is 24.3 Å². The van der Waals surface area contributed by atoms with Crippen LogP contribution in [-0.4, -0.2) is 41.5 Å². The van der Waals surface area contributed by atoms with Crippen LogP contribution in [0, 0.1) is 0 Å². The lowest BCUT2D eigenvalue weighted by Crippen LogP contribution is -2.38. The second-order valence-corrected chi connectivity index (χ2v) is 6.82. The van der Waals surface area contributed by atoms with Crippen LogP contribution in [0.1, 0.15) is 31.3 Å². The number of rotatable bonds is 7. The molecule has 1 heterocycles. The van der Waals surface area contributed by atoms with E-state index in [0.717, 1.165) is 23.7 Å². The van der Waals surface area contributed by atoms with Gasteiger partial charge in [-0.1, -0.05) is 30.7 Å². The monoisotopic (exact) mass is 351 g/mol. The second-order valence-electron chi connectivity index (χ2n) is 5.52. The van der Waals surface area contributed by atoms with Crippen molar-refractivity contribution in [3.05, 3.63) is 40.4 Å². The van der Waals surface area contributed by atoms with E-state index in [-0.39, 0.29) is 5.91 Å². The molecule has 2 aromatic rings. The number of halogens is 1. The first-order valence-corrected chi connectivity index (χ1v) is 9.00. The number of benzene rings is 1. The number of thiazole rings is 1. The molecule has 0 saturated heterocycles. The van der Waals surface area contributed by atoms with E-state index in [0.29, 0.717) is 23.3 Å². The maximum absolute atomic E-state index is 12.2. The molecule has 0 fully saturated rings. The fraction of sp³-hybridized carbons (Fsp3) is 0.412. The lowest BCUT2D eigenvalue weighted by molar-refractivity contribution is 0.0941. The number of aromatic nitrogens is 1. The van der Waals surface area contributed by atoms with Crippen molar-refractivity contribution in [2.75, 3.05) is 19.6 Å². The molecule has 4 nitrogen and oxygen atoms in total. The molecule has 23 heavy (non-hydrogen) atoms. The van der Waals surface area contributed by atoms with Crippen LogP contribution in [0.2, 0.25) is 5.02 Å². The van der Waals surface area contributed by atoms with Crippen LogP contribution >= 0.6 is 22.9 Å². The average molecular weight is 352 g/mol. The standard InChI is InChI=1S/C17H22ClN3OS/c1-4-21(12(2)3)10-9-19-16(22)15-11-23-17(20-15)13-5-7-14(18)8-6-13/h5-8,11-12H,4,9-10H2,1-3H3,(H,19,22). The Morgan fingerprint density at radius 2 is 2.04 bits per heavy atom. The van der Waals surface area contributed by atoms with Crippen LogP contribution in [0.4, 0.5) is 0 Å². The Hall–Kier alpha value is -1.43. The molecule has 0 aliphatic heterocycles. The normalized spacial score (nSPS) is 11.2. The highest BCUT2D eigenvalue weighted by Gasteiger charge is 2.12. The van der Waals surface area contributed by atoms with Gasteiger partial charge in [-0.2, -0.15) is 0 Å². The van der Waals surface area contributed by atoms with Gasteiger partial charge in [-0.15, -0.1) is 11.3 Å². The molecule has 0 atom stereocenters. The van der Waals surface area contributed by atoms with Gasteiger partial charge in [0.2, 0.25) is 0 Å². The lowest BCUT2D eigenvalue weighted by atomic mass is 10.2. The van der Waals surface area contributed by atoms with Crippen molar-refractivity contribution in [3.63, 3.8) is 0 Å². The highest BCUT2D eigenvalue weighted by molar-refractivity contribution is 7.13. The maximum Gasteiger partial charge on any atom is 0.270 e. The highest BCUT2D eigenvalue weighted by atomic mass is 35.5. The SMILES string of the molecule is CCN(CCNC(=O)c1csc(-c2ccc(Cl)cc2)n1)C(C)C. The number of likely N-dealkylation sites (N-methyl/N-ethyl adjacent to an activating group) is 1. The minimum absolute atomic E-state index is 0.124. The van der Waals surface area contributed by atoms with Crippen LogP contribution in [0.15, 0.2) is 29.6 Å². The lowest BCUT2D eigenvalue weighted by Gasteiger charge is -2.24.